The number of nitrogens with zero attached hydrogens (tertiary/aromatic N) is 3. The van der Waals surface area contributed by atoms with Crippen molar-refractivity contribution in [1.29, 1.82) is 0 Å². The zero-order chi connectivity index (χ0) is 24.1. The number of alkyl halides is 3. The first-order valence-electron chi connectivity index (χ1n) is 10.3. The average molecular weight is 474 g/mol. The van der Waals surface area contributed by atoms with Crippen molar-refractivity contribution in [3.05, 3.63) is 60.3 Å². The molecular formula is C22H21F3N6O3. The Morgan fingerprint density at radius 2 is 1.74 bits per heavy atom. The van der Waals surface area contributed by atoms with Gasteiger partial charge in [0.15, 0.2) is 0 Å². The highest BCUT2D eigenvalue weighted by Gasteiger charge is 2.30. The molecule has 178 valence electrons. The van der Waals surface area contributed by atoms with Gasteiger partial charge in [-0.2, -0.15) is 18.2 Å². The molecule has 4 N–H and O–H groups in total. The third kappa shape index (κ3) is 5.84. The zero-order valence-electron chi connectivity index (χ0n) is 17.8. The summed E-state index contributed by atoms with van der Waals surface area (Å²) in [5.41, 5.74) is 6.18. The molecule has 0 atom stereocenters. The van der Waals surface area contributed by atoms with Gasteiger partial charge in [-0.15, -0.1) is 0 Å². The number of aromatic nitrogens is 2. The summed E-state index contributed by atoms with van der Waals surface area (Å²) in [4.78, 5) is 21.9. The number of amides is 2. The van der Waals surface area contributed by atoms with E-state index in [1.165, 1.54) is 6.20 Å². The van der Waals surface area contributed by atoms with E-state index in [0.717, 1.165) is 43.0 Å². The molecular weight excluding hydrogens is 453 g/mol. The average Bonchev–Trinajstić information content (AvgIpc) is 2.81. The lowest BCUT2D eigenvalue weighted by Crippen LogP contribution is -2.36. The number of hydrogen-bond donors (Lipinski definition) is 3. The van der Waals surface area contributed by atoms with Crippen LogP contribution in [-0.4, -0.2) is 42.3 Å². The van der Waals surface area contributed by atoms with Crippen LogP contribution in [0.3, 0.4) is 0 Å². The number of hydrogen-bond acceptors (Lipinski definition) is 7. The van der Waals surface area contributed by atoms with Crippen molar-refractivity contribution in [2.24, 2.45) is 5.73 Å². The first-order valence-corrected chi connectivity index (χ1v) is 10.3. The molecule has 0 radical (unpaired) electrons. The fourth-order valence-corrected chi connectivity index (χ4v) is 3.25. The number of ether oxygens (including phenoxy) is 2. The summed E-state index contributed by atoms with van der Waals surface area (Å²) >= 11 is 0. The molecule has 2 heterocycles. The molecule has 2 amide bonds. The summed E-state index contributed by atoms with van der Waals surface area (Å²) in [7, 11) is 0. The third-order valence-electron chi connectivity index (χ3n) is 4.91. The third-order valence-corrected chi connectivity index (χ3v) is 4.91. The quantitative estimate of drug-likeness (QED) is 0.486. The van der Waals surface area contributed by atoms with E-state index >= 15 is 0 Å². The Morgan fingerprint density at radius 3 is 2.35 bits per heavy atom. The molecule has 1 fully saturated rings. The van der Waals surface area contributed by atoms with Crippen molar-refractivity contribution in [1.82, 2.24) is 9.97 Å². The highest BCUT2D eigenvalue weighted by atomic mass is 19.4. The van der Waals surface area contributed by atoms with E-state index in [0.29, 0.717) is 18.9 Å². The lowest BCUT2D eigenvalue weighted by Gasteiger charge is -2.28. The molecule has 0 spiro atoms. The van der Waals surface area contributed by atoms with Gasteiger partial charge < -0.3 is 30.7 Å². The van der Waals surface area contributed by atoms with Crippen LogP contribution < -0.4 is 26.0 Å². The van der Waals surface area contributed by atoms with E-state index in [2.05, 4.69) is 25.5 Å². The van der Waals surface area contributed by atoms with Gasteiger partial charge >= 0.3 is 12.2 Å². The Hall–Kier alpha value is -4.06. The van der Waals surface area contributed by atoms with E-state index in [-0.39, 0.29) is 23.3 Å². The van der Waals surface area contributed by atoms with Gasteiger partial charge in [0.25, 0.3) is 0 Å². The second-order valence-electron chi connectivity index (χ2n) is 7.30. The van der Waals surface area contributed by atoms with Crippen molar-refractivity contribution < 1.29 is 27.4 Å². The molecule has 1 aliphatic heterocycles. The van der Waals surface area contributed by atoms with E-state index in [4.69, 9.17) is 15.2 Å². The SMILES string of the molecule is NC(=O)Nc1cnc(Nc2ccc(N3CCOCC3)cc2)nc1Oc1ccc(C(F)(F)F)cc1. The number of anilines is 4. The number of rotatable bonds is 6. The first kappa shape index (κ1) is 23.1. The predicted molar refractivity (Wildman–Crippen MR) is 120 cm³/mol. The topological polar surface area (TPSA) is 115 Å². The molecule has 0 aliphatic carbocycles. The second-order valence-corrected chi connectivity index (χ2v) is 7.30. The number of primary amides is 1. The number of morpholine rings is 1. The summed E-state index contributed by atoms with van der Waals surface area (Å²) in [6, 6.07) is 10.8. The number of nitrogens with two attached hydrogens (primary N) is 1. The molecule has 2 aromatic carbocycles. The summed E-state index contributed by atoms with van der Waals surface area (Å²) < 4.78 is 49.4. The molecule has 9 nitrogen and oxygen atoms in total. The van der Waals surface area contributed by atoms with Gasteiger partial charge in [0, 0.05) is 24.5 Å². The summed E-state index contributed by atoms with van der Waals surface area (Å²) in [6.07, 6.45) is -3.19. The van der Waals surface area contributed by atoms with Gasteiger partial charge in [-0.1, -0.05) is 0 Å². The maximum atomic E-state index is 12.8. The van der Waals surface area contributed by atoms with Gasteiger partial charge in [0.05, 0.1) is 25.0 Å². The number of carbonyl (C=O) groups excluding carboxylic acids is 1. The fraction of sp³-hybridized carbons (Fsp3) is 0.227. The number of halogens is 3. The molecule has 34 heavy (non-hydrogen) atoms. The van der Waals surface area contributed by atoms with Gasteiger partial charge in [0.1, 0.15) is 11.4 Å². The second kappa shape index (κ2) is 9.83. The maximum Gasteiger partial charge on any atom is 0.416 e. The van der Waals surface area contributed by atoms with E-state index < -0.39 is 17.8 Å². The number of benzene rings is 2. The predicted octanol–water partition coefficient (Wildman–Crippen LogP) is 4.36. The molecule has 3 aromatic rings. The smallest absolute Gasteiger partial charge is 0.416 e. The van der Waals surface area contributed by atoms with Crippen molar-refractivity contribution in [3.63, 3.8) is 0 Å². The Kier molecular flexibility index (Phi) is 6.68. The van der Waals surface area contributed by atoms with E-state index in [9.17, 15) is 18.0 Å². The van der Waals surface area contributed by atoms with Crippen LogP contribution in [0.1, 0.15) is 5.56 Å². The van der Waals surface area contributed by atoms with Crippen LogP contribution in [0, 0.1) is 0 Å². The summed E-state index contributed by atoms with van der Waals surface area (Å²) in [5, 5.41) is 5.36. The van der Waals surface area contributed by atoms with E-state index in [1.54, 1.807) is 0 Å². The summed E-state index contributed by atoms with van der Waals surface area (Å²) in [6.45, 7) is 2.99. The van der Waals surface area contributed by atoms with Gasteiger partial charge in [0.2, 0.25) is 11.8 Å². The van der Waals surface area contributed by atoms with Crippen LogP contribution in [0.4, 0.5) is 41.0 Å². The van der Waals surface area contributed by atoms with Crippen LogP contribution >= 0.6 is 0 Å². The molecule has 1 saturated heterocycles. The molecule has 0 bridgehead atoms. The minimum Gasteiger partial charge on any atom is -0.437 e. The zero-order valence-corrected chi connectivity index (χ0v) is 17.8. The minimum absolute atomic E-state index is 0.0561. The Morgan fingerprint density at radius 1 is 1.06 bits per heavy atom. The van der Waals surface area contributed by atoms with Gasteiger partial charge in [-0.3, -0.25) is 0 Å². The maximum absolute atomic E-state index is 12.8. The lowest BCUT2D eigenvalue weighted by molar-refractivity contribution is -0.137. The standard InChI is InChI=1S/C22H21F3N6O3/c23-22(24,25)14-1-7-17(8-2-14)34-19-18(29-20(26)32)13-27-21(30-19)28-15-3-5-16(6-4-15)31-9-11-33-12-10-31/h1-8,13H,9-12H2,(H3,26,29,32)(H,27,28,30). The van der Waals surface area contributed by atoms with Gasteiger partial charge in [-0.25, -0.2) is 9.78 Å². The molecule has 1 aliphatic rings. The van der Waals surface area contributed by atoms with Crippen LogP contribution in [0.5, 0.6) is 11.6 Å². The number of carbonyl (C=O) groups is 1. The molecule has 0 saturated carbocycles. The number of nitrogens with one attached hydrogen (secondary N) is 2. The van der Waals surface area contributed by atoms with Crippen molar-refractivity contribution in [2.75, 3.05) is 41.8 Å². The molecule has 4 rings (SSSR count). The van der Waals surface area contributed by atoms with Crippen molar-refractivity contribution in [2.45, 2.75) is 6.18 Å². The fourth-order valence-electron chi connectivity index (χ4n) is 3.25. The van der Waals surface area contributed by atoms with Crippen LogP contribution in [0.2, 0.25) is 0 Å². The van der Waals surface area contributed by atoms with Crippen molar-refractivity contribution in [3.8, 4) is 11.6 Å². The Balaban J connectivity index is 1.52. The minimum atomic E-state index is -4.47. The van der Waals surface area contributed by atoms with E-state index in [1.807, 2.05) is 24.3 Å². The summed E-state index contributed by atoms with van der Waals surface area (Å²) in [5.74, 6) is 0.136. The Bertz CT molecular complexity index is 1130. The molecule has 12 heteroatoms. The molecule has 1 aromatic heterocycles. The Labute approximate surface area is 192 Å². The van der Waals surface area contributed by atoms with Gasteiger partial charge in [-0.05, 0) is 48.5 Å². The highest BCUT2D eigenvalue weighted by molar-refractivity contribution is 5.89. The largest absolute Gasteiger partial charge is 0.437 e. The number of urea groups is 1. The molecule has 0 unspecified atom stereocenters. The monoisotopic (exact) mass is 474 g/mol. The van der Waals surface area contributed by atoms with Crippen molar-refractivity contribution >= 4 is 29.0 Å². The van der Waals surface area contributed by atoms with Crippen LogP contribution in [0.15, 0.2) is 54.7 Å². The van der Waals surface area contributed by atoms with Crippen LogP contribution in [-0.2, 0) is 10.9 Å². The first-order chi connectivity index (χ1) is 16.3. The highest BCUT2D eigenvalue weighted by Crippen LogP contribution is 2.33. The lowest BCUT2D eigenvalue weighted by atomic mass is 10.2. The van der Waals surface area contributed by atoms with Crippen LogP contribution in [0.25, 0.3) is 0 Å². The normalized spacial score (nSPS) is 13.9.